The number of benzene rings is 6. The minimum atomic E-state index is -0.0311. The van der Waals surface area contributed by atoms with Gasteiger partial charge in [0, 0.05) is 34.0 Å². The van der Waals surface area contributed by atoms with Gasteiger partial charge in [-0.05, 0) is 66.1 Å². The zero-order chi connectivity index (χ0) is 29.8. The third-order valence-electron chi connectivity index (χ3n) is 8.47. The SMILES string of the molecule is CC(C)c1ccc2c(c1)-c1ccccc1N(c1ccc3c(=O)c4ccccc4oc3c1)c1ccccc1-c1ccccc1O2. The van der Waals surface area contributed by atoms with Crippen molar-refractivity contribution < 1.29 is 9.15 Å². The second kappa shape index (κ2) is 10.3. The van der Waals surface area contributed by atoms with Crippen molar-refractivity contribution in [3.63, 3.8) is 0 Å². The Morgan fingerprint density at radius 2 is 1.16 bits per heavy atom. The van der Waals surface area contributed by atoms with Crippen LogP contribution >= 0.6 is 0 Å². The molecular formula is C40H29NO3. The Morgan fingerprint density at radius 3 is 1.93 bits per heavy atom. The van der Waals surface area contributed by atoms with Crippen molar-refractivity contribution in [2.75, 3.05) is 4.90 Å². The van der Waals surface area contributed by atoms with E-state index in [1.165, 1.54) is 5.56 Å². The molecule has 1 aliphatic heterocycles. The van der Waals surface area contributed by atoms with Crippen molar-refractivity contribution in [1.29, 1.82) is 0 Å². The number of hydrogen-bond acceptors (Lipinski definition) is 4. The molecule has 4 nitrogen and oxygen atoms in total. The van der Waals surface area contributed by atoms with Gasteiger partial charge in [0.05, 0.1) is 22.1 Å². The van der Waals surface area contributed by atoms with E-state index in [1.807, 2.05) is 60.7 Å². The highest BCUT2D eigenvalue weighted by molar-refractivity contribution is 5.98. The van der Waals surface area contributed by atoms with Crippen LogP contribution in [0.25, 0.3) is 44.2 Å². The van der Waals surface area contributed by atoms with E-state index in [9.17, 15) is 4.79 Å². The van der Waals surface area contributed by atoms with Gasteiger partial charge in [-0.25, -0.2) is 0 Å². The van der Waals surface area contributed by atoms with Crippen molar-refractivity contribution in [3.05, 3.63) is 149 Å². The summed E-state index contributed by atoms with van der Waals surface area (Å²) in [5, 5.41) is 1.14. The molecule has 7 aromatic rings. The van der Waals surface area contributed by atoms with Crippen LogP contribution in [0.15, 0.2) is 143 Å². The molecule has 44 heavy (non-hydrogen) atoms. The summed E-state index contributed by atoms with van der Waals surface area (Å²) < 4.78 is 13.1. The van der Waals surface area contributed by atoms with Crippen LogP contribution in [0.3, 0.4) is 0 Å². The lowest BCUT2D eigenvalue weighted by Gasteiger charge is -2.31. The number of nitrogens with zero attached hydrogens (tertiary/aromatic N) is 1. The van der Waals surface area contributed by atoms with E-state index < -0.39 is 0 Å². The molecule has 0 N–H and O–H groups in total. The molecule has 0 bridgehead atoms. The van der Waals surface area contributed by atoms with Crippen LogP contribution in [-0.2, 0) is 0 Å². The van der Waals surface area contributed by atoms with Gasteiger partial charge in [0.2, 0.25) is 5.43 Å². The van der Waals surface area contributed by atoms with Gasteiger partial charge >= 0.3 is 0 Å². The minimum absolute atomic E-state index is 0.0311. The van der Waals surface area contributed by atoms with Crippen LogP contribution < -0.4 is 15.1 Å². The lowest BCUT2D eigenvalue weighted by Crippen LogP contribution is -2.14. The highest BCUT2D eigenvalue weighted by Gasteiger charge is 2.25. The fourth-order valence-corrected chi connectivity index (χ4v) is 6.23. The molecule has 8 rings (SSSR count). The topological polar surface area (TPSA) is 42.7 Å². The maximum atomic E-state index is 13.4. The van der Waals surface area contributed by atoms with Crippen LogP contribution in [0.1, 0.15) is 25.3 Å². The van der Waals surface area contributed by atoms with Gasteiger partial charge in [0.15, 0.2) is 0 Å². The summed E-state index contributed by atoms with van der Waals surface area (Å²) in [6, 6.07) is 44.8. The van der Waals surface area contributed by atoms with E-state index in [-0.39, 0.29) is 5.43 Å². The molecule has 0 unspecified atom stereocenters. The van der Waals surface area contributed by atoms with Gasteiger partial charge in [-0.15, -0.1) is 0 Å². The highest BCUT2D eigenvalue weighted by Crippen LogP contribution is 2.50. The van der Waals surface area contributed by atoms with Crippen LogP contribution in [0.2, 0.25) is 0 Å². The maximum absolute atomic E-state index is 13.4. The molecular weight excluding hydrogens is 542 g/mol. The van der Waals surface area contributed by atoms with E-state index in [1.54, 1.807) is 0 Å². The Bertz CT molecular complexity index is 2280. The van der Waals surface area contributed by atoms with Gasteiger partial charge in [-0.3, -0.25) is 4.79 Å². The van der Waals surface area contributed by atoms with Gasteiger partial charge in [-0.2, -0.15) is 0 Å². The largest absolute Gasteiger partial charge is 0.456 e. The molecule has 212 valence electrons. The molecule has 0 atom stereocenters. The van der Waals surface area contributed by atoms with Crippen LogP contribution in [0, 0.1) is 0 Å². The first kappa shape index (κ1) is 26.1. The average Bonchev–Trinajstić information content (AvgIpc) is 3.06. The average molecular weight is 572 g/mol. The first-order chi connectivity index (χ1) is 21.6. The predicted octanol–water partition coefficient (Wildman–Crippen LogP) is 11.0. The van der Waals surface area contributed by atoms with Crippen molar-refractivity contribution in [2.45, 2.75) is 19.8 Å². The summed E-state index contributed by atoms with van der Waals surface area (Å²) in [6.45, 7) is 4.41. The smallest absolute Gasteiger partial charge is 0.200 e. The number of rotatable bonds is 2. The van der Waals surface area contributed by atoms with E-state index in [4.69, 9.17) is 9.15 Å². The third-order valence-corrected chi connectivity index (χ3v) is 8.47. The fourth-order valence-electron chi connectivity index (χ4n) is 6.23. The Balaban J connectivity index is 1.47. The number of para-hydroxylation sites is 4. The summed E-state index contributed by atoms with van der Waals surface area (Å²) in [5.41, 5.74) is 9.27. The van der Waals surface area contributed by atoms with E-state index in [0.717, 1.165) is 50.8 Å². The molecule has 6 aromatic carbocycles. The second-order valence-corrected chi connectivity index (χ2v) is 11.5. The van der Waals surface area contributed by atoms with Crippen LogP contribution in [-0.4, -0.2) is 0 Å². The zero-order valence-electron chi connectivity index (χ0n) is 24.5. The van der Waals surface area contributed by atoms with E-state index in [0.29, 0.717) is 27.9 Å². The summed E-state index contributed by atoms with van der Waals surface area (Å²) in [5.74, 6) is 1.93. The van der Waals surface area contributed by atoms with Crippen molar-refractivity contribution >= 4 is 39.0 Å². The first-order valence-corrected chi connectivity index (χ1v) is 14.9. The Morgan fingerprint density at radius 1 is 0.545 bits per heavy atom. The molecule has 0 amide bonds. The van der Waals surface area contributed by atoms with Crippen molar-refractivity contribution in [2.24, 2.45) is 0 Å². The van der Waals surface area contributed by atoms with Crippen molar-refractivity contribution in [1.82, 2.24) is 0 Å². The van der Waals surface area contributed by atoms with Gasteiger partial charge in [0.25, 0.3) is 0 Å². The molecule has 1 aliphatic rings. The molecule has 0 radical (unpaired) electrons. The van der Waals surface area contributed by atoms with Gasteiger partial charge in [0.1, 0.15) is 22.7 Å². The number of anilines is 3. The molecule has 1 aromatic heterocycles. The minimum Gasteiger partial charge on any atom is -0.456 e. The predicted molar refractivity (Wildman–Crippen MR) is 180 cm³/mol. The van der Waals surface area contributed by atoms with Crippen LogP contribution in [0.4, 0.5) is 17.1 Å². The third kappa shape index (κ3) is 4.18. The summed E-state index contributed by atoms with van der Waals surface area (Å²) in [6.07, 6.45) is 0. The number of hydrogen-bond donors (Lipinski definition) is 0. The number of fused-ring (bicyclic) bond motifs is 8. The zero-order valence-corrected chi connectivity index (χ0v) is 24.5. The van der Waals surface area contributed by atoms with Crippen molar-refractivity contribution in [3.8, 4) is 33.8 Å². The second-order valence-electron chi connectivity index (χ2n) is 11.5. The van der Waals surface area contributed by atoms with Gasteiger partial charge < -0.3 is 14.1 Å². The molecule has 0 saturated heterocycles. The van der Waals surface area contributed by atoms with E-state index in [2.05, 4.69) is 91.5 Å². The Labute approximate surface area is 255 Å². The summed E-state index contributed by atoms with van der Waals surface area (Å²) in [7, 11) is 0. The molecule has 2 heterocycles. The van der Waals surface area contributed by atoms with E-state index >= 15 is 0 Å². The molecule has 0 spiro atoms. The monoisotopic (exact) mass is 571 g/mol. The Kier molecular flexibility index (Phi) is 6.09. The first-order valence-electron chi connectivity index (χ1n) is 14.9. The molecule has 4 heteroatoms. The molecule has 0 fully saturated rings. The maximum Gasteiger partial charge on any atom is 0.200 e. The lowest BCUT2D eigenvalue weighted by molar-refractivity contribution is 0.486. The number of ether oxygens (including phenoxy) is 1. The standard InChI is InChI=1S/C40H29NO3/c1-25(2)26-19-22-38-33(23-26)29-12-4-8-16-35(29)41(34-15-7-3-11-28(34)30-13-5-9-17-36(30)43-38)27-20-21-32-39(24-27)44-37-18-10-6-14-31(37)40(32)42/h3-25H,1-2H3. The quantitative estimate of drug-likeness (QED) is 0.194. The highest BCUT2D eigenvalue weighted by atomic mass is 16.5. The molecule has 0 aliphatic carbocycles. The van der Waals surface area contributed by atoms with Gasteiger partial charge in [-0.1, -0.05) is 86.6 Å². The van der Waals surface area contributed by atoms with Crippen LogP contribution in [0.5, 0.6) is 11.5 Å². The molecule has 0 saturated carbocycles. The summed E-state index contributed by atoms with van der Waals surface area (Å²) in [4.78, 5) is 15.7. The lowest BCUT2D eigenvalue weighted by atomic mass is 9.93. The summed E-state index contributed by atoms with van der Waals surface area (Å²) >= 11 is 0. The fraction of sp³-hybridized carbons (Fsp3) is 0.0750. The normalized spacial score (nSPS) is 12.3. The Hall–Kier alpha value is -5.61.